The fourth-order valence-electron chi connectivity index (χ4n) is 2.20. The highest BCUT2D eigenvalue weighted by Gasteiger charge is 2.28. The second-order valence-corrected chi connectivity index (χ2v) is 5.21. The van der Waals surface area contributed by atoms with Crippen molar-refractivity contribution in [2.75, 3.05) is 7.11 Å². The highest BCUT2D eigenvalue weighted by Crippen LogP contribution is 2.32. The molecular formula is C15H12NO3S. The molecule has 2 aliphatic heterocycles. The molecule has 4 nitrogen and oxygen atoms in total. The van der Waals surface area contributed by atoms with E-state index in [1.807, 2.05) is 23.6 Å². The average molecular weight is 286 g/mol. The Bertz CT molecular complexity index is 701. The number of fused-ring (bicyclic) bond motifs is 1. The molecule has 0 saturated heterocycles. The lowest BCUT2D eigenvalue weighted by atomic mass is 9.92. The van der Waals surface area contributed by atoms with E-state index in [2.05, 4.69) is 10.7 Å². The molecule has 101 valence electrons. The van der Waals surface area contributed by atoms with Crippen molar-refractivity contribution in [2.24, 2.45) is 0 Å². The number of imide groups is 1. The fourth-order valence-corrected chi connectivity index (χ4v) is 2.93. The second-order valence-electron chi connectivity index (χ2n) is 4.36. The fraction of sp³-hybridized carbons (Fsp3) is 0.0667. The number of allylic oxidation sites excluding steroid dienone is 2. The summed E-state index contributed by atoms with van der Waals surface area (Å²) in [5.74, 6) is -0.811. The summed E-state index contributed by atoms with van der Waals surface area (Å²) < 4.78 is 4.95. The van der Waals surface area contributed by atoms with Gasteiger partial charge in [-0.05, 0) is 40.2 Å². The summed E-state index contributed by atoms with van der Waals surface area (Å²) in [6.07, 6.45) is 3.38. The number of nitrogens with one attached hydrogen (secondary N) is 1. The van der Waals surface area contributed by atoms with Crippen molar-refractivity contribution >= 4 is 34.7 Å². The van der Waals surface area contributed by atoms with Crippen LogP contribution in [0.15, 0.2) is 41.4 Å². The van der Waals surface area contributed by atoms with Crippen LogP contribution in [0, 0.1) is 0 Å². The van der Waals surface area contributed by atoms with Crippen molar-refractivity contribution in [1.29, 1.82) is 0 Å². The molecule has 0 atom stereocenters. The first kappa shape index (κ1) is 12.7. The van der Waals surface area contributed by atoms with Gasteiger partial charge in [-0.15, -0.1) is 0 Å². The van der Waals surface area contributed by atoms with E-state index < -0.39 is 5.91 Å². The molecule has 20 heavy (non-hydrogen) atoms. The predicted octanol–water partition coefficient (Wildman–Crippen LogP) is 2.28. The van der Waals surface area contributed by atoms with Crippen LogP contribution in [0.3, 0.4) is 0 Å². The maximum Gasteiger partial charge on any atom is 0.261 e. The van der Waals surface area contributed by atoms with E-state index in [0.29, 0.717) is 16.7 Å². The Hall–Kier alpha value is -2.27. The van der Waals surface area contributed by atoms with E-state index >= 15 is 0 Å². The number of carbonyl (C=O) groups is 2. The molecular weight excluding hydrogens is 274 g/mol. The Balaban J connectivity index is 2.16. The quantitative estimate of drug-likeness (QED) is 0.379. The summed E-state index contributed by atoms with van der Waals surface area (Å²) in [4.78, 5) is 23.7. The van der Waals surface area contributed by atoms with Gasteiger partial charge in [0.2, 0.25) is 0 Å². The normalized spacial score (nSPS) is 18.9. The van der Waals surface area contributed by atoms with Gasteiger partial charge >= 0.3 is 0 Å². The number of amides is 2. The largest absolute Gasteiger partial charge is 0.504 e. The molecule has 1 radical (unpaired) electrons. The van der Waals surface area contributed by atoms with Crippen molar-refractivity contribution in [1.82, 2.24) is 5.32 Å². The highest BCUT2D eigenvalue weighted by molar-refractivity contribution is 8.05. The zero-order valence-corrected chi connectivity index (χ0v) is 11.6. The SMILES string of the molecule is COC=C1C(=O)NC(=O)c2ccc(C3=C[SH]C=C3)cc21. The van der Waals surface area contributed by atoms with Gasteiger partial charge in [-0.2, -0.15) is 11.8 Å². The second kappa shape index (κ2) is 5.02. The summed E-state index contributed by atoms with van der Waals surface area (Å²) in [6.45, 7) is 0. The standard InChI is InChI=1S/C15H12NO3S/c1-19-7-13-12-6-9(10-4-5-20-8-10)2-3-11(12)14(17)16-15(13)18/h2-8,20H,1H3,(H,16,17,18). The first-order chi connectivity index (χ1) is 9.70. The number of thiol groups is 1. The Kier molecular flexibility index (Phi) is 3.20. The minimum absolute atomic E-state index is 0.365. The van der Waals surface area contributed by atoms with E-state index in [-0.39, 0.29) is 5.91 Å². The molecule has 0 aromatic heterocycles. The minimum atomic E-state index is -0.435. The maximum absolute atomic E-state index is 11.9. The first-order valence-corrected chi connectivity index (χ1v) is 7.04. The van der Waals surface area contributed by atoms with E-state index in [0.717, 1.165) is 22.9 Å². The van der Waals surface area contributed by atoms with Gasteiger partial charge < -0.3 is 4.74 Å². The van der Waals surface area contributed by atoms with Gasteiger partial charge in [0.1, 0.15) is 0 Å². The van der Waals surface area contributed by atoms with Gasteiger partial charge in [0.15, 0.2) is 0 Å². The van der Waals surface area contributed by atoms with Crippen LogP contribution in [0.1, 0.15) is 21.5 Å². The Morgan fingerprint density at radius 3 is 2.75 bits per heavy atom. The summed E-state index contributed by atoms with van der Waals surface area (Å²) >= 11 is 1.14. The van der Waals surface area contributed by atoms with Gasteiger partial charge in [0.05, 0.1) is 18.9 Å². The molecule has 1 aromatic rings. The Morgan fingerprint density at radius 1 is 1.20 bits per heavy atom. The van der Waals surface area contributed by atoms with Crippen LogP contribution in [0.5, 0.6) is 0 Å². The Labute approximate surface area is 120 Å². The molecule has 0 unspecified atom stereocenters. The van der Waals surface area contributed by atoms with Crippen molar-refractivity contribution in [2.45, 2.75) is 0 Å². The molecule has 0 spiro atoms. The zero-order valence-electron chi connectivity index (χ0n) is 10.7. The number of methoxy groups -OCH3 is 1. The average Bonchev–Trinajstić information content (AvgIpc) is 2.97. The van der Waals surface area contributed by atoms with Crippen LogP contribution in [0.2, 0.25) is 0 Å². The molecule has 5 heteroatoms. The summed E-state index contributed by atoms with van der Waals surface area (Å²) in [5.41, 5.74) is 3.52. The molecule has 0 bridgehead atoms. The monoisotopic (exact) mass is 286 g/mol. The van der Waals surface area contributed by atoms with Crippen LogP contribution in [0.25, 0.3) is 11.1 Å². The molecule has 2 heterocycles. The highest BCUT2D eigenvalue weighted by atomic mass is 32.2. The lowest BCUT2D eigenvalue weighted by molar-refractivity contribution is -0.114. The van der Waals surface area contributed by atoms with Gasteiger partial charge in [0, 0.05) is 11.1 Å². The van der Waals surface area contributed by atoms with Crippen molar-refractivity contribution < 1.29 is 14.3 Å². The van der Waals surface area contributed by atoms with Crippen molar-refractivity contribution in [3.63, 3.8) is 0 Å². The van der Waals surface area contributed by atoms with Crippen LogP contribution >= 0.6 is 11.8 Å². The third kappa shape index (κ3) is 2.06. The van der Waals surface area contributed by atoms with Crippen LogP contribution in [-0.4, -0.2) is 18.9 Å². The van der Waals surface area contributed by atoms with Crippen molar-refractivity contribution in [3.8, 4) is 0 Å². The number of rotatable bonds is 2. The van der Waals surface area contributed by atoms with Crippen LogP contribution < -0.4 is 5.32 Å². The van der Waals surface area contributed by atoms with E-state index in [1.165, 1.54) is 13.4 Å². The third-order valence-corrected chi connectivity index (χ3v) is 3.90. The summed E-state index contributed by atoms with van der Waals surface area (Å²) in [6, 6.07) is 5.48. The smallest absolute Gasteiger partial charge is 0.261 e. The third-order valence-electron chi connectivity index (χ3n) is 3.15. The van der Waals surface area contributed by atoms with E-state index in [4.69, 9.17) is 4.74 Å². The van der Waals surface area contributed by atoms with Crippen molar-refractivity contribution in [3.05, 3.63) is 58.0 Å². The number of hydrogen-bond donors (Lipinski definition) is 2. The molecule has 2 amide bonds. The topological polar surface area (TPSA) is 55.4 Å². The van der Waals surface area contributed by atoms with Gasteiger partial charge in [0.25, 0.3) is 11.8 Å². The van der Waals surface area contributed by atoms with E-state index in [9.17, 15) is 9.59 Å². The van der Waals surface area contributed by atoms with Gasteiger partial charge in [-0.25, -0.2) is 0 Å². The number of ether oxygens (including phenoxy) is 1. The molecule has 3 rings (SSSR count). The van der Waals surface area contributed by atoms with Crippen LogP contribution in [0.4, 0.5) is 0 Å². The lowest BCUT2D eigenvalue weighted by Gasteiger charge is -2.18. The number of hydrogen-bond acceptors (Lipinski definition) is 3. The Morgan fingerprint density at radius 2 is 2.05 bits per heavy atom. The summed E-state index contributed by atoms with van der Waals surface area (Å²) in [5, 5.41) is 6.42. The van der Waals surface area contributed by atoms with Gasteiger partial charge in [-0.3, -0.25) is 14.9 Å². The maximum atomic E-state index is 11.9. The molecule has 0 aliphatic carbocycles. The zero-order chi connectivity index (χ0) is 14.1. The van der Waals surface area contributed by atoms with Gasteiger partial charge in [-0.1, -0.05) is 6.07 Å². The minimum Gasteiger partial charge on any atom is -0.504 e. The number of benzene rings is 1. The molecule has 0 fully saturated rings. The molecule has 0 saturated carbocycles. The van der Waals surface area contributed by atoms with E-state index in [1.54, 1.807) is 6.07 Å². The number of carbonyl (C=O) groups excluding carboxylic acids is 2. The predicted molar refractivity (Wildman–Crippen MR) is 80.0 cm³/mol. The molecule has 1 N–H and O–H groups in total. The van der Waals surface area contributed by atoms with Crippen LogP contribution in [-0.2, 0) is 9.53 Å². The first-order valence-electron chi connectivity index (χ1n) is 6.01. The lowest BCUT2D eigenvalue weighted by Crippen LogP contribution is -2.36. The molecule has 1 aromatic carbocycles. The molecule has 2 aliphatic rings. The summed E-state index contributed by atoms with van der Waals surface area (Å²) in [7, 11) is 1.47.